The van der Waals surface area contributed by atoms with E-state index >= 15 is 0 Å². The molecule has 2 N–H and O–H groups in total. The monoisotopic (exact) mass is 267 g/mol. The van der Waals surface area contributed by atoms with Crippen LogP contribution in [0.5, 0.6) is 0 Å². The van der Waals surface area contributed by atoms with Gasteiger partial charge in [0.1, 0.15) is 0 Å². The van der Waals surface area contributed by atoms with E-state index < -0.39 is 18.6 Å². The first-order valence-corrected chi connectivity index (χ1v) is 4.76. The fraction of sp³-hybridized carbons (Fsp3) is 0.333. The van der Waals surface area contributed by atoms with Crippen LogP contribution in [0.2, 0.25) is 0 Å². The summed E-state index contributed by atoms with van der Waals surface area (Å²) in [6, 6.07) is 5.64. The van der Waals surface area contributed by atoms with E-state index in [0.717, 1.165) is 0 Å². The Kier molecular flexibility index (Phi) is 3.55. The molecule has 0 aliphatic carbocycles. The van der Waals surface area contributed by atoms with Crippen molar-refractivity contribution >= 4 is 15.9 Å². The molecule has 0 aliphatic rings. The summed E-state index contributed by atoms with van der Waals surface area (Å²) < 4.78 is 36.7. The Hall–Kier alpha value is -0.550. The zero-order valence-electron chi connectivity index (χ0n) is 7.18. The maximum absolute atomic E-state index is 12.0. The minimum atomic E-state index is -4.23. The highest BCUT2D eigenvalue weighted by Crippen LogP contribution is 2.31. The molecule has 0 bridgehead atoms. The summed E-state index contributed by atoms with van der Waals surface area (Å²) >= 11 is 3.16. The van der Waals surface area contributed by atoms with Crippen molar-refractivity contribution in [3.63, 3.8) is 0 Å². The second kappa shape index (κ2) is 4.31. The lowest BCUT2D eigenvalue weighted by molar-refractivity contribution is -0.138. The number of hydrogen-bond acceptors (Lipinski definition) is 1. The molecule has 0 aliphatic heterocycles. The molecule has 1 rings (SSSR count). The zero-order valence-corrected chi connectivity index (χ0v) is 8.77. The zero-order chi connectivity index (χ0) is 10.8. The Bertz CT molecular complexity index is 311. The van der Waals surface area contributed by atoms with Gasteiger partial charge in [-0.05, 0) is 11.6 Å². The highest BCUT2D eigenvalue weighted by Gasteiger charge is 2.31. The Morgan fingerprint density at radius 3 is 2.36 bits per heavy atom. The van der Waals surface area contributed by atoms with Gasteiger partial charge in [-0.25, -0.2) is 0 Å². The summed E-state index contributed by atoms with van der Waals surface area (Å²) in [5.74, 6) is 0. The van der Waals surface area contributed by atoms with E-state index in [4.69, 9.17) is 5.73 Å². The molecule has 0 radical (unpaired) electrons. The van der Waals surface area contributed by atoms with Crippen molar-refractivity contribution in [2.24, 2.45) is 5.73 Å². The molecule has 0 unspecified atom stereocenters. The van der Waals surface area contributed by atoms with E-state index in [2.05, 4.69) is 15.9 Å². The maximum Gasteiger partial charge on any atom is 0.390 e. The van der Waals surface area contributed by atoms with E-state index in [0.29, 0.717) is 10.0 Å². The van der Waals surface area contributed by atoms with Gasteiger partial charge in [-0.3, -0.25) is 0 Å². The largest absolute Gasteiger partial charge is 0.390 e. The lowest BCUT2D eigenvalue weighted by Gasteiger charge is -2.15. The average molecular weight is 268 g/mol. The molecule has 0 heterocycles. The van der Waals surface area contributed by atoms with Crippen molar-refractivity contribution < 1.29 is 13.2 Å². The first-order chi connectivity index (χ1) is 6.40. The predicted octanol–water partition coefficient (Wildman–Crippen LogP) is 3.40. The molecule has 1 aromatic carbocycles. The average Bonchev–Trinajstić information content (AvgIpc) is 2.01. The summed E-state index contributed by atoms with van der Waals surface area (Å²) in [7, 11) is 0. The van der Waals surface area contributed by atoms with Gasteiger partial charge in [-0.1, -0.05) is 34.1 Å². The van der Waals surface area contributed by atoms with Crippen LogP contribution in [0.25, 0.3) is 0 Å². The molecule has 14 heavy (non-hydrogen) atoms. The van der Waals surface area contributed by atoms with Crippen LogP contribution in [0.15, 0.2) is 28.7 Å². The Morgan fingerprint density at radius 2 is 1.86 bits per heavy atom. The summed E-state index contributed by atoms with van der Waals surface area (Å²) in [6.07, 6.45) is -5.23. The van der Waals surface area contributed by atoms with Gasteiger partial charge >= 0.3 is 6.18 Å². The number of halogens is 4. The fourth-order valence-corrected chi connectivity index (χ4v) is 1.71. The second-order valence-electron chi connectivity index (χ2n) is 2.95. The number of alkyl halides is 3. The first-order valence-electron chi connectivity index (χ1n) is 3.97. The molecule has 0 aromatic heterocycles. The van der Waals surface area contributed by atoms with Gasteiger partial charge in [0.15, 0.2) is 0 Å². The van der Waals surface area contributed by atoms with Gasteiger partial charge in [0.2, 0.25) is 0 Å². The minimum Gasteiger partial charge on any atom is -0.324 e. The lowest BCUT2D eigenvalue weighted by atomic mass is 10.0. The van der Waals surface area contributed by atoms with Crippen LogP contribution < -0.4 is 5.73 Å². The van der Waals surface area contributed by atoms with Crippen LogP contribution in [-0.2, 0) is 0 Å². The van der Waals surface area contributed by atoms with Gasteiger partial charge in [0.05, 0.1) is 6.42 Å². The van der Waals surface area contributed by atoms with Crippen molar-refractivity contribution in [2.45, 2.75) is 18.6 Å². The quantitative estimate of drug-likeness (QED) is 0.874. The third-order valence-corrected chi connectivity index (χ3v) is 2.48. The van der Waals surface area contributed by atoms with Gasteiger partial charge in [-0.2, -0.15) is 13.2 Å². The highest BCUT2D eigenvalue weighted by atomic mass is 79.9. The molecule has 1 atom stereocenters. The van der Waals surface area contributed by atoms with Gasteiger partial charge < -0.3 is 5.73 Å². The van der Waals surface area contributed by atoms with E-state index in [1.54, 1.807) is 24.3 Å². The van der Waals surface area contributed by atoms with Crippen molar-refractivity contribution in [1.82, 2.24) is 0 Å². The third kappa shape index (κ3) is 3.31. The standard InChI is InChI=1S/C9H9BrF3N/c10-7-4-2-1-3-6(7)8(14)5-9(11,12)13/h1-4,8H,5,14H2/t8-/m0/s1. The summed E-state index contributed by atoms with van der Waals surface area (Å²) in [5, 5.41) is 0. The SMILES string of the molecule is N[C@@H](CC(F)(F)F)c1ccccc1Br. The van der Waals surface area contributed by atoms with E-state index in [9.17, 15) is 13.2 Å². The van der Waals surface area contributed by atoms with Crippen LogP contribution >= 0.6 is 15.9 Å². The number of benzene rings is 1. The van der Waals surface area contributed by atoms with Crippen LogP contribution in [0, 0.1) is 0 Å². The Morgan fingerprint density at radius 1 is 1.29 bits per heavy atom. The molecule has 0 saturated heterocycles. The minimum absolute atomic E-state index is 0.477. The lowest BCUT2D eigenvalue weighted by Crippen LogP contribution is -2.20. The summed E-state index contributed by atoms with van der Waals surface area (Å²) in [6.45, 7) is 0. The molecule has 0 saturated carbocycles. The van der Waals surface area contributed by atoms with Crippen LogP contribution in [0.1, 0.15) is 18.0 Å². The molecule has 1 nitrogen and oxygen atoms in total. The molecule has 0 fully saturated rings. The summed E-state index contributed by atoms with van der Waals surface area (Å²) in [5.41, 5.74) is 5.91. The fourth-order valence-electron chi connectivity index (χ4n) is 1.14. The smallest absolute Gasteiger partial charge is 0.324 e. The molecule has 0 amide bonds. The highest BCUT2D eigenvalue weighted by molar-refractivity contribution is 9.10. The molecular weight excluding hydrogens is 259 g/mol. The number of hydrogen-bond donors (Lipinski definition) is 1. The van der Waals surface area contributed by atoms with Crippen molar-refractivity contribution in [1.29, 1.82) is 0 Å². The van der Waals surface area contributed by atoms with Crippen molar-refractivity contribution in [3.05, 3.63) is 34.3 Å². The van der Waals surface area contributed by atoms with E-state index in [-0.39, 0.29) is 0 Å². The molecule has 5 heteroatoms. The number of rotatable bonds is 2. The third-order valence-electron chi connectivity index (χ3n) is 1.76. The van der Waals surface area contributed by atoms with Gasteiger partial charge in [0.25, 0.3) is 0 Å². The second-order valence-corrected chi connectivity index (χ2v) is 3.80. The number of nitrogens with two attached hydrogens (primary N) is 1. The van der Waals surface area contributed by atoms with Crippen molar-refractivity contribution in [3.8, 4) is 0 Å². The van der Waals surface area contributed by atoms with E-state index in [1.807, 2.05) is 0 Å². The van der Waals surface area contributed by atoms with Crippen LogP contribution in [-0.4, -0.2) is 6.18 Å². The Balaban J connectivity index is 2.80. The van der Waals surface area contributed by atoms with Gasteiger partial charge in [0, 0.05) is 10.5 Å². The first kappa shape index (κ1) is 11.5. The molecule has 0 spiro atoms. The van der Waals surface area contributed by atoms with Gasteiger partial charge in [-0.15, -0.1) is 0 Å². The molecule has 78 valence electrons. The van der Waals surface area contributed by atoms with Crippen LogP contribution in [0.3, 0.4) is 0 Å². The molecular formula is C9H9BrF3N. The topological polar surface area (TPSA) is 26.0 Å². The van der Waals surface area contributed by atoms with Crippen LogP contribution in [0.4, 0.5) is 13.2 Å². The summed E-state index contributed by atoms with van der Waals surface area (Å²) in [4.78, 5) is 0. The maximum atomic E-state index is 12.0. The van der Waals surface area contributed by atoms with Crippen molar-refractivity contribution in [2.75, 3.05) is 0 Å². The predicted molar refractivity (Wildman–Crippen MR) is 51.7 cm³/mol. The normalized spacial score (nSPS) is 14.1. The Labute approximate surface area is 88.2 Å². The van der Waals surface area contributed by atoms with E-state index in [1.165, 1.54) is 0 Å². The molecule has 1 aromatic rings.